The van der Waals surface area contributed by atoms with Gasteiger partial charge in [0.05, 0.1) is 5.69 Å². The average molecular weight is 256 g/mol. The molecule has 2 aromatic heterocycles. The third-order valence-corrected chi connectivity index (χ3v) is 2.99. The molecule has 0 amide bonds. The van der Waals surface area contributed by atoms with Gasteiger partial charge in [-0.15, -0.1) is 0 Å². The standard InChI is InChI=1S/C15H20N4/c1-5-16-15-13(10(2)3)14(18-9-19-15)12-7-6-11(4)17-8-12/h6-10H,5H2,1-4H3,(H,16,18,19). The van der Waals surface area contributed by atoms with Crippen molar-refractivity contribution in [1.29, 1.82) is 0 Å². The van der Waals surface area contributed by atoms with Crippen molar-refractivity contribution in [2.24, 2.45) is 0 Å². The highest BCUT2D eigenvalue weighted by molar-refractivity contribution is 5.68. The second-order valence-electron chi connectivity index (χ2n) is 4.86. The Morgan fingerprint density at radius 2 is 1.95 bits per heavy atom. The predicted octanol–water partition coefficient (Wildman–Crippen LogP) is 3.40. The number of hydrogen-bond acceptors (Lipinski definition) is 4. The molecule has 0 saturated carbocycles. The van der Waals surface area contributed by atoms with Crippen molar-refractivity contribution in [2.45, 2.75) is 33.6 Å². The normalized spacial score (nSPS) is 10.8. The average Bonchev–Trinajstić information content (AvgIpc) is 2.39. The number of pyridine rings is 1. The van der Waals surface area contributed by atoms with Crippen molar-refractivity contribution >= 4 is 5.82 Å². The second kappa shape index (κ2) is 5.78. The van der Waals surface area contributed by atoms with Gasteiger partial charge in [0.15, 0.2) is 0 Å². The highest BCUT2D eigenvalue weighted by atomic mass is 15.0. The molecule has 0 aromatic carbocycles. The zero-order valence-electron chi connectivity index (χ0n) is 11.9. The smallest absolute Gasteiger partial charge is 0.133 e. The first-order valence-corrected chi connectivity index (χ1v) is 6.65. The van der Waals surface area contributed by atoms with Crippen molar-refractivity contribution in [1.82, 2.24) is 15.0 Å². The first kappa shape index (κ1) is 13.5. The summed E-state index contributed by atoms with van der Waals surface area (Å²) in [6.07, 6.45) is 3.48. The van der Waals surface area contributed by atoms with E-state index in [2.05, 4.69) is 47.1 Å². The van der Waals surface area contributed by atoms with Gasteiger partial charge in [-0.2, -0.15) is 0 Å². The number of anilines is 1. The summed E-state index contributed by atoms with van der Waals surface area (Å²) in [6.45, 7) is 9.22. The van der Waals surface area contributed by atoms with Gasteiger partial charge in [0.25, 0.3) is 0 Å². The quantitative estimate of drug-likeness (QED) is 0.910. The molecule has 0 aliphatic heterocycles. The number of rotatable bonds is 4. The fraction of sp³-hybridized carbons (Fsp3) is 0.400. The molecule has 0 fully saturated rings. The van der Waals surface area contributed by atoms with Crippen LogP contribution in [0.25, 0.3) is 11.3 Å². The molecule has 0 atom stereocenters. The van der Waals surface area contributed by atoms with Gasteiger partial charge in [0, 0.05) is 29.6 Å². The molecule has 0 unspecified atom stereocenters. The van der Waals surface area contributed by atoms with E-state index in [4.69, 9.17) is 0 Å². The van der Waals surface area contributed by atoms with Crippen molar-refractivity contribution in [2.75, 3.05) is 11.9 Å². The van der Waals surface area contributed by atoms with Gasteiger partial charge < -0.3 is 5.32 Å². The Morgan fingerprint density at radius 1 is 1.16 bits per heavy atom. The van der Waals surface area contributed by atoms with Crippen molar-refractivity contribution < 1.29 is 0 Å². The first-order valence-electron chi connectivity index (χ1n) is 6.65. The Bertz CT molecular complexity index is 547. The second-order valence-corrected chi connectivity index (χ2v) is 4.86. The summed E-state index contributed by atoms with van der Waals surface area (Å²) in [6, 6.07) is 4.07. The highest BCUT2D eigenvalue weighted by Crippen LogP contribution is 2.31. The monoisotopic (exact) mass is 256 g/mol. The minimum absolute atomic E-state index is 0.353. The highest BCUT2D eigenvalue weighted by Gasteiger charge is 2.15. The minimum Gasteiger partial charge on any atom is -0.370 e. The van der Waals surface area contributed by atoms with E-state index in [0.717, 1.165) is 34.9 Å². The van der Waals surface area contributed by atoms with Gasteiger partial charge in [-0.1, -0.05) is 13.8 Å². The topological polar surface area (TPSA) is 50.7 Å². The molecule has 19 heavy (non-hydrogen) atoms. The van der Waals surface area contributed by atoms with Crippen molar-refractivity contribution in [3.05, 3.63) is 35.9 Å². The number of nitrogens with one attached hydrogen (secondary N) is 1. The minimum atomic E-state index is 0.353. The number of hydrogen-bond donors (Lipinski definition) is 1. The number of aromatic nitrogens is 3. The van der Waals surface area contributed by atoms with E-state index >= 15 is 0 Å². The summed E-state index contributed by atoms with van der Waals surface area (Å²) in [5.41, 5.74) is 4.16. The van der Waals surface area contributed by atoms with Crippen LogP contribution in [-0.4, -0.2) is 21.5 Å². The van der Waals surface area contributed by atoms with E-state index in [1.807, 2.05) is 19.2 Å². The predicted molar refractivity (Wildman–Crippen MR) is 78.3 cm³/mol. The molecule has 1 N–H and O–H groups in total. The van der Waals surface area contributed by atoms with Gasteiger partial charge in [0.1, 0.15) is 12.1 Å². The third kappa shape index (κ3) is 2.89. The fourth-order valence-corrected chi connectivity index (χ4v) is 2.09. The van der Waals surface area contributed by atoms with Crippen LogP contribution in [0.4, 0.5) is 5.82 Å². The molecule has 4 heteroatoms. The van der Waals surface area contributed by atoms with Gasteiger partial charge in [-0.3, -0.25) is 4.98 Å². The molecule has 100 valence electrons. The van der Waals surface area contributed by atoms with Gasteiger partial charge in [0.2, 0.25) is 0 Å². The summed E-state index contributed by atoms with van der Waals surface area (Å²) < 4.78 is 0. The van der Waals surface area contributed by atoms with Gasteiger partial charge in [-0.05, 0) is 31.9 Å². The van der Waals surface area contributed by atoms with Gasteiger partial charge in [-0.25, -0.2) is 9.97 Å². The van der Waals surface area contributed by atoms with Crippen LogP contribution in [0, 0.1) is 6.92 Å². The third-order valence-electron chi connectivity index (χ3n) is 2.99. The first-order chi connectivity index (χ1) is 9.13. The summed E-state index contributed by atoms with van der Waals surface area (Å²) in [7, 11) is 0. The maximum absolute atomic E-state index is 4.45. The van der Waals surface area contributed by atoms with Crippen LogP contribution in [-0.2, 0) is 0 Å². The molecule has 0 aliphatic carbocycles. The molecule has 2 rings (SSSR count). The van der Waals surface area contributed by atoms with Crippen LogP contribution in [0.1, 0.15) is 37.9 Å². The van der Waals surface area contributed by atoms with Crippen molar-refractivity contribution in [3.8, 4) is 11.3 Å². The molecule has 0 bridgehead atoms. The summed E-state index contributed by atoms with van der Waals surface area (Å²) >= 11 is 0. The lowest BCUT2D eigenvalue weighted by molar-refractivity contribution is 0.849. The van der Waals surface area contributed by atoms with Crippen LogP contribution in [0.3, 0.4) is 0 Å². The molecule has 2 aromatic rings. The van der Waals surface area contributed by atoms with E-state index in [-0.39, 0.29) is 0 Å². The molecule has 0 aliphatic rings. The molecular weight excluding hydrogens is 236 g/mol. The Kier molecular flexibility index (Phi) is 4.10. The van der Waals surface area contributed by atoms with Crippen LogP contribution in [0.2, 0.25) is 0 Å². The van der Waals surface area contributed by atoms with E-state index < -0.39 is 0 Å². The zero-order chi connectivity index (χ0) is 13.8. The van der Waals surface area contributed by atoms with E-state index in [1.165, 1.54) is 0 Å². The summed E-state index contributed by atoms with van der Waals surface area (Å²) in [5, 5.41) is 3.31. The number of nitrogens with zero attached hydrogens (tertiary/aromatic N) is 3. The van der Waals surface area contributed by atoms with E-state index in [1.54, 1.807) is 6.33 Å². The lowest BCUT2D eigenvalue weighted by atomic mass is 9.98. The van der Waals surface area contributed by atoms with Crippen LogP contribution < -0.4 is 5.32 Å². The molecule has 4 nitrogen and oxygen atoms in total. The van der Waals surface area contributed by atoms with Crippen LogP contribution >= 0.6 is 0 Å². The fourth-order valence-electron chi connectivity index (χ4n) is 2.09. The van der Waals surface area contributed by atoms with E-state index in [0.29, 0.717) is 5.92 Å². The van der Waals surface area contributed by atoms with Gasteiger partial charge >= 0.3 is 0 Å². The molecular formula is C15H20N4. The maximum atomic E-state index is 4.45. The molecule has 0 saturated heterocycles. The lowest BCUT2D eigenvalue weighted by Crippen LogP contribution is -2.07. The van der Waals surface area contributed by atoms with E-state index in [9.17, 15) is 0 Å². The summed E-state index contributed by atoms with van der Waals surface area (Å²) in [5.74, 6) is 1.27. The Balaban J connectivity index is 2.55. The van der Waals surface area contributed by atoms with Crippen LogP contribution in [0.5, 0.6) is 0 Å². The SMILES string of the molecule is CCNc1ncnc(-c2ccc(C)nc2)c1C(C)C. The maximum Gasteiger partial charge on any atom is 0.133 e. The Hall–Kier alpha value is -1.97. The molecule has 2 heterocycles. The zero-order valence-corrected chi connectivity index (χ0v) is 11.9. The Morgan fingerprint density at radius 3 is 2.53 bits per heavy atom. The molecule has 0 spiro atoms. The van der Waals surface area contributed by atoms with Crippen molar-refractivity contribution in [3.63, 3.8) is 0 Å². The lowest BCUT2D eigenvalue weighted by Gasteiger charge is -2.16. The van der Waals surface area contributed by atoms with Crippen LogP contribution in [0.15, 0.2) is 24.7 Å². The Labute approximate surface area is 114 Å². The largest absolute Gasteiger partial charge is 0.370 e. The number of aryl methyl sites for hydroxylation is 1. The summed E-state index contributed by atoms with van der Waals surface area (Å²) in [4.78, 5) is 13.2. The molecule has 0 radical (unpaired) electrons.